The average molecular weight is 292 g/mol. The van der Waals surface area contributed by atoms with Crippen molar-refractivity contribution in [1.29, 1.82) is 0 Å². The van der Waals surface area contributed by atoms with Crippen molar-refractivity contribution in [1.82, 2.24) is 14.6 Å². The van der Waals surface area contributed by atoms with E-state index in [2.05, 4.69) is 15.4 Å². The first-order valence-corrected chi connectivity index (χ1v) is 7.44. The van der Waals surface area contributed by atoms with Gasteiger partial charge < -0.3 is 5.32 Å². The number of nitrogens with one attached hydrogen (secondary N) is 1. The van der Waals surface area contributed by atoms with Crippen molar-refractivity contribution in [3.8, 4) is 11.3 Å². The predicted octanol–water partition coefficient (Wildman–Crippen LogP) is 3.05. The molecule has 0 bridgehead atoms. The molecule has 0 saturated heterocycles. The lowest BCUT2D eigenvalue weighted by molar-refractivity contribution is -0.117. The summed E-state index contributed by atoms with van der Waals surface area (Å²) in [5.74, 6) is 0.806. The largest absolute Gasteiger partial charge is 0.310 e. The first kappa shape index (κ1) is 13.0. The SMILES string of the molecule is Cc1cc2nc(NC(=O)C3CC3)cc(-c3ccccc3)n2n1. The van der Waals surface area contributed by atoms with Crippen LogP contribution in [-0.4, -0.2) is 20.5 Å². The molecule has 1 N–H and O–H groups in total. The van der Waals surface area contributed by atoms with Gasteiger partial charge in [0, 0.05) is 23.6 Å². The number of hydrogen-bond acceptors (Lipinski definition) is 3. The standard InChI is InChI=1S/C17H16N4O/c1-11-9-16-18-15(19-17(22)13-7-8-13)10-14(21(16)20-11)12-5-3-2-4-6-12/h2-6,9-10,13H,7-8H2,1H3,(H,18,19,22). The molecule has 1 saturated carbocycles. The van der Waals surface area contributed by atoms with Crippen molar-refractivity contribution >= 4 is 17.4 Å². The van der Waals surface area contributed by atoms with Gasteiger partial charge in [-0.15, -0.1) is 0 Å². The zero-order valence-electron chi connectivity index (χ0n) is 12.3. The van der Waals surface area contributed by atoms with E-state index in [-0.39, 0.29) is 11.8 Å². The van der Waals surface area contributed by atoms with E-state index < -0.39 is 0 Å². The van der Waals surface area contributed by atoms with Crippen LogP contribution >= 0.6 is 0 Å². The normalized spacial score (nSPS) is 14.2. The fraction of sp³-hybridized carbons (Fsp3) is 0.235. The van der Waals surface area contributed by atoms with E-state index in [0.29, 0.717) is 5.82 Å². The lowest BCUT2D eigenvalue weighted by Crippen LogP contribution is -2.15. The summed E-state index contributed by atoms with van der Waals surface area (Å²) in [6, 6.07) is 13.8. The van der Waals surface area contributed by atoms with Crippen molar-refractivity contribution in [3.05, 3.63) is 48.2 Å². The summed E-state index contributed by atoms with van der Waals surface area (Å²) in [5.41, 5.74) is 3.60. The van der Waals surface area contributed by atoms with E-state index in [4.69, 9.17) is 0 Å². The number of carbonyl (C=O) groups is 1. The van der Waals surface area contributed by atoms with E-state index in [1.54, 1.807) is 0 Å². The fourth-order valence-corrected chi connectivity index (χ4v) is 2.54. The molecule has 1 aliphatic rings. The number of fused-ring (bicyclic) bond motifs is 1. The number of aromatic nitrogens is 3. The summed E-state index contributed by atoms with van der Waals surface area (Å²) in [7, 11) is 0. The monoisotopic (exact) mass is 292 g/mol. The molecule has 1 aromatic carbocycles. The third-order valence-corrected chi connectivity index (χ3v) is 3.82. The summed E-state index contributed by atoms with van der Waals surface area (Å²) < 4.78 is 1.82. The van der Waals surface area contributed by atoms with Gasteiger partial charge in [0.15, 0.2) is 5.65 Å². The highest BCUT2D eigenvalue weighted by molar-refractivity contribution is 5.93. The molecule has 2 aromatic heterocycles. The van der Waals surface area contributed by atoms with Crippen LogP contribution in [0.4, 0.5) is 5.82 Å². The molecular weight excluding hydrogens is 276 g/mol. The molecule has 0 aliphatic heterocycles. The first-order valence-electron chi connectivity index (χ1n) is 7.44. The molecule has 3 aromatic rings. The Bertz CT molecular complexity index is 850. The Labute approximate surface area is 128 Å². The van der Waals surface area contributed by atoms with Crippen LogP contribution in [-0.2, 0) is 4.79 Å². The zero-order valence-corrected chi connectivity index (χ0v) is 12.3. The number of amides is 1. The molecule has 0 spiro atoms. The quantitative estimate of drug-likeness (QED) is 0.807. The number of benzene rings is 1. The Morgan fingerprint density at radius 3 is 2.73 bits per heavy atom. The van der Waals surface area contributed by atoms with Crippen molar-refractivity contribution in [2.45, 2.75) is 19.8 Å². The highest BCUT2D eigenvalue weighted by atomic mass is 16.2. The van der Waals surface area contributed by atoms with Gasteiger partial charge in [-0.05, 0) is 19.8 Å². The summed E-state index contributed by atoms with van der Waals surface area (Å²) in [5, 5.41) is 7.42. The van der Waals surface area contributed by atoms with Gasteiger partial charge in [0.1, 0.15) is 5.82 Å². The lowest BCUT2D eigenvalue weighted by Gasteiger charge is -2.09. The number of carbonyl (C=O) groups excluding carboxylic acids is 1. The van der Waals surface area contributed by atoms with Crippen molar-refractivity contribution < 1.29 is 4.79 Å². The number of nitrogens with zero attached hydrogens (tertiary/aromatic N) is 3. The molecule has 110 valence electrons. The molecule has 4 rings (SSSR count). The molecule has 22 heavy (non-hydrogen) atoms. The average Bonchev–Trinajstić information content (AvgIpc) is 3.30. The minimum absolute atomic E-state index is 0.0621. The summed E-state index contributed by atoms with van der Waals surface area (Å²) in [4.78, 5) is 16.5. The van der Waals surface area contributed by atoms with Crippen LogP contribution in [0.3, 0.4) is 0 Å². The molecule has 0 atom stereocenters. The second-order valence-corrected chi connectivity index (χ2v) is 5.71. The topological polar surface area (TPSA) is 59.3 Å². The predicted molar refractivity (Wildman–Crippen MR) is 84.5 cm³/mol. The van der Waals surface area contributed by atoms with Gasteiger partial charge >= 0.3 is 0 Å². The Hall–Kier alpha value is -2.69. The second-order valence-electron chi connectivity index (χ2n) is 5.71. The molecule has 0 radical (unpaired) electrons. The van der Waals surface area contributed by atoms with E-state index in [9.17, 15) is 4.79 Å². The third-order valence-electron chi connectivity index (χ3n) is 3.82. The van der Waals surface area contributed by atoms with Crippen molar-refractivity contribution in [3.63, 3.8) is 0 Å². The first-order chi connectivity index (χ1) is 10.7. The second kappa shape index (κ2) is 4.94. The molecule has 5 heteroatoms. The highest BCUT2D eigenvalue weighted by Crippen LogP contribution is 2.30. The molecule has 1 fully saturated rings. The van der Waals surface area contributed by atoms with Gasteiger partial charge in [0.25, 0.3) is 0 Å². The Morgan fingerprint density at radius 1 is 1.23 bits per heavy atom. The van der Waals surface area contributed by atoms with Crippen LogP contribution in [0.5, 0.6) is 0 Å². The Balaban J connectivity index is 1.83. The number of hydrogen-bond donors (Lipinski definition) is 1. The van der Waals surface area contributed by atoms with Crippen molar-refractivity contribution in [2.75, 3.05) is 5.32 Å². The summed E-state index contributed by atoms with van der Waals surface area (Å²) in [6.45, 7) is 1.94. The van der Waals surface area contributed by atoms with E-state index in [1.165, 1.54) is 0 Å². The maximum Gasteiger partial charge on any atom is 0.228 e. The fourth-order valence-electron chi connectivity index (χ4n) is 2.54. The van der Waals surface area contributed by atoms with E-state index in [1.807, 2.05) is 53.9 Å². The minimum atomic E-state index is 0.0621. The Kier molecular flexibility index (Phi) is 2.92. The van der Waals surface area contributed by atoms with Gasteiger partial charge in [-0.25, -0.2) is 9.50 Å². The molecule has 1 aliphatic carbocycles. The molecular formula is C17H16N4O. The van der Waals surface area contributed by atoms with Crippen LogP contribution in [0.15, 0.2) is 42.5 Å². The number of anilines is 1. The smallest absolute Gasteiger partial charge is 0.228 e. The van der Waals surface area contributed by atoms with E-state index >= 15 is 0 Å². The van der Waals surface area contributed by atoms with Crippen molar-refractivity contribution in [2.24, 2.45) is 5.92 Å². The summed E-state index contributed by atoms with van der Waals surface area (Å²) >= 11 is 0. The number of aryl methyl sites for hydroxylation is 1. The minimum Gasteiger partial charge on any atom is -0.310 e. The van der Waals surface area contributed by atoms with E-state index in [0.717, 1.165) is 35.4 Å². The van der Waals surface area contributed by atoms with Gasteiger partial charge in [-0.3, -0.25) is 4.79 Å². The maximum absolute atomic E-state index is 12.0. The Morgan fingerprint density at radius 2 is 2.00 bits per heavy atom. The molecule has 2 heterocycles. The van der Waals surface area contributed by atoms with Crippen LogP contribution in [0, 0.1) is 12.8 Å². The van der Waals surface area contributed by atoms with Gasteiger partial charge in [-0.1, -0.05) is 30.3 Å². The van der Waals surface area contributed by atoms with Gasteiger partial charge in [-0.2, -0.15) is 5.10 Å². The summed E-state index contributed by atoms with van der Waals surface area (Å²) in [6.07, 6.45) is 1.96. The van der Waals surface area contributed by atoms with Crippen LogP contribution in [0.1, 0.15) is 18.5 Å². The lowest BCUT2D eigenvalue weighted by atomic mass is 10.1. The van der Waals surface area contributed by atoms with Gasteiger partial charge in [0.05, 0.1) is 11.4 Å². The molecule has 0 unspecified atom stereocenters. The van der Waals surface area contributed by atoms with Gasteiger partial charge in [0.2, 0.25) is 5.91 Å². The highest BCUT2D eigenvalue weighted by Gasteiger charge is 2.30. The van der Waals surface area contributed by atoms with Crippen LogP contribution in [0.25, 0.3) is 16.9 Å². The molecule has 5 nitrogen and oxygen atoms in total. The third kappa shape index (κ3) is 2.35. The maximum atomic E-state index is 12.0. The number of rotatable bonds is 3. The van der Waals surface area contributed by atoms with Crippen LogP contribution in [0.2, 0.25) is 0 Å². The zero-order chi connectivity index (χ0) is 15.1. The van der Waals surface area contributed by atoms with Crippen LogP contribution < -0.4 is 5.32 Å². The molecule has 1 amide bonds.